The number of ether oxygens (including phenoxy) is 1. The van der Waals surface area contributed by atoms with Crippen molar-refractivity contribution in [2.75, 3.05) is 5.32 Å². The first-order valence-electron chi connectivity index (χ1n) is 8.18. The maximum atomic E-state index is 14.1. The number of halogens is 3. The van der Waals surface area contributed by atoms with Crippen LogP contribution in [0.3, 0.4) is 0 Å². The molecule has 0 aliphatic carbocycles. The molecule has 0 saturated carbocycles. The topological polar surface area (TPSA) is 55.4 Å². The zero-order valence-corrected chi connectivity index (χ0v) is 15.4. The van der Waals surface area contributed by atoms with Crippen molar-refractivity contribution >= 4 is 29.2 Å². The Hall–Kier alpha value is -3.25. The lowest BCUT2D eigenvalue weighted by Crippen LogP contribution is -2.15. The molecule has 28 heavy (non-hydrogen) atoms. The van der Waals surface area contributed by atoms with Crippen LogP contribution >= 0.6 is 11.6 Å². The summed E-state index contributed by atoms with van der Waals surface area (Å²) in [5.74, 6) is -2.64. The SMILES string of the molecule is CC(=O)Oc1ccc(-c2ccc(F)cc2F)cc1C(=O)Nc1ccc(Cl)cc1. The van der Waals surface area contributed by atoms with Gasteiger partial charge in [-0.05, 0) is 54.1 Å². The molecule has 3 aromatic rings. The highest BCUT2D eigenvalue weighted by Crippen LogP contribution is 2.30. The van der Waals surface area contributed by atoms with Gasteiger partial charge in [0.05, 0.1) is 5.56 Å². The molecule has 0 aromatic heterocycles. The van der Waals surface area contributed by atoms with Gasteiger partial charge in [-0.15, -0.1) is 0 Å². The zero-order chi connectivity index (χ0) is 20.3. The van der Waals surface area contributed by atoms with Crippen molar-refractivity contribution in [1.82, 2.24) is 0 Å². The van der Waals surface area contributed by atoms with Crippen molar-refractivity contribution in [2.24, 2.45) is 0 Å². The van der Waals surface area contributed by atoms with Crippen molar-refractivity contribution in [3.8, 4) is 16.9 Å². The van der Waals surface area contributed by atoms with Gasteiger partial charge < -0.3 is 10.1 Å². The van der Waals surface area contributed by atoms with Gasteiger partial charge in [0.15, 0.2) is 0 Å². The Labute approximate surface area is 164 Å². The fourth-order valence-electron chi connectivity index (χ4n) is 2.57. The molecular weight excluding hydrogens is 388 g/mol. The zero-order valence-electron chi connectivity index (χ0n) is 14.6. The van der Waals surface area contributed by atoms with Crippen LogP contribution in [0.2, 0.25) is 5.02 Å². The maximum absolute atomic E-state index is 14.1. The number of hydrogen-bond donors (Lipinski definition) is 1. The summed E-state index contributed by atoms with van der Waals surface area (Å²) in [5, 5.41) is 3.17. The van der Waals surface area contributed by atoms with Gasteiger partial charge in [-0.25, -0.2) is 8.78 Å². The van der Waals surface area contributed by atoms with Crippen molar-refractivity contribution < 1.29 is 23.1 Å². The lowest BCUT2D eigenvalue weighted by Gasteiger charge is -2.12. The molecule has 0 fully saturated rings. The lowest BCUT2D eigenvalue weighted by molar-refractivity contribution is -0.131. The lowest BCUT2D eigenvalue weighted by atomic mass is 10.0. The summed E-state index contributed by atoms with van der Waals surface area (Å²) in [5.41, 5.74) is 0.930. The van der Waals surface area contributed by atoms with Crippen LogP contribution in [0, 0.1) is 11.6 Å². The predicted octanol–water partition coefficient (Wildman–Crippen LogP) is 5.46. The second-order valence-electron chi connectivity index (χ2n) is 5.89. The van der Waals surface area contributed by atoms with Gasteiger partial charge >= 0.3 is 5.97 Å². The quantitative estimate of drug-likeness (QED) is 0.466. The number of hydrogen-bond acceptors (Lipinski definition) is 3. The number of carbonyl (C=O) groups is 2. The van der Waals surface area contributed by atoms with Crippen LogP contribution in [0.4, 0.5) is 14.5 Å². The highest BCUT2D eigenvalue weighted by atomic mass is 35.5. The van der Waals surface area contributed by atoms with E-state index >= 15 is 0 Å². The Bertz CT molecular complexity index is 1050. The van der Waals surface area contributed by atoms with E-state index in [9.17, 15) is 18.4 Å². The standard InChI is InChI=1S/C21H14ClF2NO3/c1-12(26)28-20-9-2-13(17-8-5-15(23)11-19(17)24)10-18(20)21(27)25-16-6-3-14(22)4-7-16/h2-11H,1H3,(H,25,27). The Morgan fingerprint density at radius 1 is 0.964 bits per heavy atom. The van der Waals surface area contributed by atoms with Crippen molar-refractivity contribution in [3.05, 3.63) is 82.9 Å². The van der Waals surface area contributed by atoms with Crippen LogP contribution in [0.15, 0.2) is 60.7 Å². The Morgan fingerprint density at radius 2 is 1.68 bits per heavy atom. The van der Waals surface area contributed by atoms with E-state index in [4.69, 9.17) is 16.3 Å². The van der Waals surface area contributed by atoms with Crippen molar-refractivity contribution in [3.63, 3.8) is 0 Å². The third kappa shape index (κ3) is 4.53. The fraction of sp³-hybridized carbons (Fsp3) is 0.0476. The highest BCUT2D eigenvalue weighted by molar-refractivity contribution is 6.30. The van der Waals surface area contributed by atoms with Gasteiger partial charge in [-0.1, -0.05) is 17.7 Å². The van der Waals surface area contributed by atoms with Gasteiger partial charge in [0.25, 0.3) is 5.91 Å². The average Bonchev–Trinajstić information content (AvgIpc) is 2.64. The molecule has 0 atom stereocenters. The van der Waals surface area contributed by atoms with Crippen LogP contribution in [0.5, 0.6) is 5.75 Å². The van der Waals surface area contributed by atoms with Crippen molar-refractivity contribution in [1.29, 1.82) is 0 Å². The van der Waals surface area contributed by atoms with E-state index in [1.807, 2.05) is 0 Å². The van der Waals surface area contributed by atoms with E-state index in [-0.39, 0.29) is 16.9 Å². The molecule has 0 aliphatic rings. The number of nitrogens with one attached hydrogen (secondary N) is 1. The van der Waals surface area contributed by atoms with Crippen LogP contribution < -0.4 is 10.1 Å². The number of benzene rings is 3. The smallest absolute Gasteiger partial charge is 0.308 e. The molecule has 3 rings (SSSR count). The van der Waals surface area contributed by atoms with E-state index in [2.05, 4.69) is 5.32 Å². The summed E-state index contributed by atoms with van der Waals surface area (Å²) < 4.78 is 32.4. The summed E-state index contributed by atoms with van der Waals surface area (Å²) in [4.78, 5) is 24.1. The van der Waals surface area contributed by atoms with E-state index in [0.29, 0.717) is 16.3 Å². The minimum Gasteiger partial charge on any atom is -0.426 e. The van der Waals surface area contributed by atoms with E-state index < -0.39 is 23.5 Å². The molecule has 0 heterocycles. The van der Waals surface area contributed by atoms with Gasteiger partial charge in [0.2, 0.25) is 0 Å². The number of anilines is 1. The third-order valence-electron chi connectivity index (χ3n) is 3.82. The van der Waals surface area contributed by atoms with Gasteiger partial charge in [0, 0.05) is 29.3 Å². The molecule has 4 nitrogen and oxygen atoms in total. The summed E-state index contributed by atoms with van der Waals surface area (Å²) >= 11 is 5.83. The Balaban J connectivity index is 2.01. The predicted molar refractivity (Wildman–Crippen MR) is 103 cm³/mol. The van der Waals surface area contributed by atoms with Crippen LogP contribution in [0.1, 0.15) is 17.3 Å². The number of amides is 1. The molecular formula is C21H14ClF2NO3. The van der Waals surface area contributed by atoms with E-state index in [1.54, 1.807) is 24.3 Å². The summed E-state index contributed by atoms with van der Waals surface area (Å²) in [7, 11) is 0. The van der Waals surface area contributed by atoms with Gasteiger partial charge in [-0.3, -0.25) is 9.59 Å². The van der Waals surface area contributed by atoms with Crippen LogP contribution in [0.25, 0.3) is 11.1 Å². The first kappa shape index (κ1) is 19.5. The average molecular weight is 402 g/mol. The summed E-state index contributed by atoms with van der Waals surface area (Å²) in [6, 6.07) is 13.8. The summed E-state index contributed by atoms with van der Waals surface area (Å²) in [6.07, 6.45) is 0. The Morgan fingerprint density at radius 3 is 2.32 bits per heavy atom. The molecule has 7 heteroatoms. The number of esters is 1. The molecule has 0 bridgehead atoms. The molecule has 0 radical (unpaired) electrons. The summed E-state index contributed by atoms with van der Waals surface area (Å²) in [6.45, 7) is 1.20. The molecule has 0 saturated heterocycles. The van der Waals surface area contributed by atoms with Gasteiger partial charge in [-0.2, -0.15) is 0 Å². The molecule has 0 unspecified atom stereocenters. The second-order valence-corrected chi connectivity index (χ2v) is 6.33. The third-order valence-corrected chi connectivity index (χ3v) is 4.07. The number of rotatable bonds is 4. The first-order valence-corrected chi connectivity index (χ1v) is 8.56. The molecule has 142 valence electrons. The largest absolute Gasteiger partial charge is 0.426 e. The molecule has 1 amide bonds. The highest BCUT2D eigenvalue weighted by Gasteiger charge is 2.17. The minimum absolute atomic E-state index is 0.0187. The van der Waals surface area contributed by atoms with E-state index in [1.165, 1.54) is 31.2 Å². The second kappa shape index (κ2) is 8.19. The van der Waals surface area contributed by atoms with Crippen LogP contribution in [-0.2, 0) is 4.79 Å². The normalized spacial score (nSPS) is 10.4. The van der Waals surface area contributed by atoms with Crippen LogP contribution in [-0.4, -0.2) is 11.9 Å². The monoisotopic (exact) mass is 401 g/mol. The molecule has 0 spiro atoms. The van der Waals surface area contributed by atoms with E-state index in [0.717, 1.165) is 12.1 Å². The number of carbonyl (C=O) groups excluding carboxylic acids is 2. The first-order chi connectivity index (χ1) is 13.3. The molecule has 0 aliphatic heterocycles. The maximum Gasteiger partial charge on any atom is 0.308 e. The molecule has 3 aromatic carbocycles. The Kier molecular flexibility index (Phi) is 5.70. The van der Waals surface area contributed by atoms with Gasteiger partial charge in [0.1, 0.15) is 17.4 Å². The minimum atomic E-state index is -0.774. The fourth-order valence-corrected chi connectivity index (χ4v) is 2.70. The molecule has 1 N–H and O–H groups in total. The van der Waals surface area contributed by atoms with Crippen molar-refractivity contribution in [2.45, 2.75) is 6.92 Å².